The van der Waals surface area contributed by atoms with E-state index < -0.39 is 23.8 Å². The van der Waals surface area contributed by atoms with Crippen molar-refractivity contribution in [3.8, 4) is 11.5 Å². The number of aliphatic imine (C=N–C) groups is 1. The van der Waals surface area contributed by atoms with Gasteiger partial charge in [0.25, 0.3) is 0 Å². The second-order valence-electron chi connectivity index (χ2n) is 9.68. The Hall–Kier alpha value is -3.24. The summed E-state index contributed by atoms with van der Waals surface area (Å²) in [7, 11) is 2.99. The van der Waals surface area contributed by atoms with Crippen LogP contribution in [0.2, 0.25) is 0 Å². The number of thiophene rings is 1. The molecule has 0 unspecified atom stereocenters. The van der Waals surface area contributed by atoms with E-state index in [1.54, 1.807) is 17.4 Å². The Kier molecular flexibility index (Phi) is 10.6. The molecule has 42 heavy (non-hydrogen) atoms. The minimum atomic E-state index is -4.60. The molecule has 5 rings (SSSR count). The van der Waals surface area contributed by atoms with Gasteiger partial charge in [-0.25, -0.2) is 4.99 Å². The van der Waals surface area contributed by atoms with Crippen molar-refractivity contribution >= 4 is 40.3 Å². The standard InChI is InChI=1S/C28H29F3N4O4S.CH3.W/c1-17-14-33(9-10-34(17)19-5-4-6-20(12-19)38-2)27-32-22-16-40-15-21(22)23(13-26(36)37)35(27)24-11-18(28(29,30)31)7-8-25(24)39-3;;/h4-8,11-12,15-17,23H,9-10,13-14H2,1-3H3,(H,36,37);1H3;/q;-1;/t17-,23+;;/m1../s1. The molecular formula is C29H32F3N4O4SW-. The number of carbonyl (C=O) groups is 1. The molecule has 2 aliphatic heterocycles. The van der Waals surface area contributed by atoms with E-state index in [1.165, 1.54) is 24.5 Å². The molecule has 1 aromatic heterocycles. The van der Waals surface area contributed by atoms with Crippen molar-refractivity contribution in [2.24, 2.45) is 4.99 Å². The van der Waals surface area contributed by atoms with Crippen LogP contribution < -0.4 is 19.3 Å². The van der Waals surface area contributed by atoms with E-state index in [9.17, 15) is 23.1 Å². The molecule has 3 heterocycles. The minimum Gasteiger partial charge on any atom is -0.497 e. The van der Waals surface area contributed by atoms with Crippen molar-refractivity contribution in [2.45, 2.75) is 31.6 Å². The molecule has 1 saturated heterocycles. The smallest absolute Gasteiger partial charge is 0.416 e. The van der Waals surface area contributed by atoms with Gasteiger partial charge in [0.1, 0.15) is 11.5 Å². The number of guanidine groups is 1. The van der Waals surface area contributed by atoms with Gasteiger partial charge in [0, 0.05) is 69.4 Å². The van der Waals surface area contributed by atoms with Crippen LogP contribution in [0, 0.1) is 7.43 Å². The number of carboxylic acid groups (broad SMARTS) is 1. The number of piperazine rings is 1. The molecule has 1 fully saturated rings. The topological polar surface area (TPSA) is 77.8 Å². The van der Waals surface area contributed by atoms with Crippen LogP contribution in [0.1, 0.15) is 30.5 Å². The van der Waals surface area contributed by atoms with Gasteiger partial charge in [-0.2, -0.15) is 13.2 Å². The van der Waals surface area contributed by atoms with Crippen LogP contribution >= 0.6 is 11.3 Å². The fraction of sp³-hybridized carbons (Fsp3) is 0.345. The predicted octanol–water partition coefficient (Wildman–Crippen LogP) is 6.47. The molecule has 0 amide bonds. The van der Waals surface area contributed by atoms with E-state index in [2.05, 4.69) is 11.8 Å². The largest absolute Gasteiger partial charge is 0.497 e. The predicted molar refractivity (Wildman–Crippen MR) is 155 cm³/mol. The zero-order chi connectivity index (χ0) is 28.6. The van der Waals surface area contributed by atoms with Crippen molar-refractivity contribution in [3.05, 3.63) is 71.8 Å². The molecule has 13 heteroatoms. The van der Waals surface area contributed by atoms with Gasteiger partial charge in [0.15, 0.2) is 0 Å². The molecule has 3 aromatic rings. The summed E-state index contributed by atoms with van der Waals surface area (Å²) < 4.78 is 52.3. The maximum Gasteiger partial charge on any atom is 0.416 e. The van der Waals surface area contributed by atoms with E-state index in [1.807, 2.05) is 34.5 Å². The van der Waals surface area contributed by atoms with Crippen LogP contribution in [-0.2, 0) is 32.0 Å². The van der Waals surface area contributed by atoms with Crippen molar-refractivity contribution in [3.63, 3.8) is 0 Å². The maximum atomic E-state index is 13.8. The number of methoxy groups -OCH3 is 2. The second-order valence-corrected chi connectivity index (χ2v) is 10.4. The van der Waals surface area contributed by atoms with Gasteiger partial charge in [0.05, 0.1) is 43.6 Å². The molecular weight excluding hydrogens is 741 g/mol. The van der Waals surface area contributed by atoms with E-state index in [-0.39, 0.29) is 52.4 Å². The molecule has 0 spiro atoms. The first-order valence-corrected chi connectivity index (χ1v) is 13.6. The van der Waals surface area contributed by atoms with Crippen molar-refractivity contribution in [1.82, 2.24) is 4.90 Å². The van der Waals surface area contributed by atoms with Crippen molar-refractivity contribution < 1.29 is 53.6 Å². The Labute approximate surface area is 261 Å². The summed E-state index contributed by atoms with van der Waals surface area (Å²) in [5, 5.41) is 13.5. The SMILES string of the molecule is COc1cccc(N2CCN(C3=Nc4cscc4[C@H](CC(=O)O)N3c3cc(C(F)(F)F)ccc3OC)C[C@H]2C)c1.[CH3-].[W]. The molecule has 0 radical (unpaired) electrons. The fourth-order valence-electron chi connectivity index (χ4n) is 5.31. The first-order valence-electron chi connectivity index (χ1n) is 12.7. The number of fused-ring (bicyclic) bond motifs is 1. The zero-order valence-corrected chi connectivity index (χ0v) is 27.3. The fourth-order valence-corrected chi connectivity index (χ4v) is 6.12. The van der Waals surface area contributed by atoms with E-state index in [4.69, 9.17) is 14.5 Å². The number of halogens is 3. The Morgan fingerprint density at radius 1 is 1.12 bits per heavy atom. The van der Waals surface area contributed by atoms with Gasteiger partial charge in [-0.05, 0) is 42.6 Å². The van der Waals surface area contributed by atoms with Crippen molar-refractivity contribution in [1.29, 1.82) is 0 Å². The van der Waals surface area contributed by atoms with Gasteiger partial charge in [0.2, 0.25) is 5.96 Å². The van der Waals surface area contributed by atoms with Gasteiger partial charge in [-0.3, -0.25) is 4.79 Å². The Balaban J connectivity index is 0.00000242. The summed E-state index contributed by atoms with van der Waals surface area (Å²) in [5.74, 6) is 0.258. The Morgan fingerprint density at radius 2 is 1.88 bits per heavy atom. The summed E-state index contributed by atoms with van der Waals surface area (Å²) in [5.41, 5.74) is 1.53. The number of benzene rings is 2. The number of carboxylic acids is 1. The summed E-state index contributed by atoms with van der Waals surface area (Å²) in [4.78, 5) is 22.8. The number of hydrogen-bond acceptors (Lipinski definition) is 8. The van der Waals surface area contributed by atoms with Gasteiger partial charge in [-0.1, -0.05) is 6.07 Å². The first-order chi connectivity index (χ1) is 19.1. The summed E-state index contributed by atoms with van der Waals surface area (Å²) in [6.07, 6.45) is -4.93. The summed E-state index contributed by atoms with van der Waals surface area (Å²) >= 11 is 1.37. The first kappa shape index (κ1) is 33.3. The molecule has 0 bridgehead atoms. The van der Waals surface area contributed by atoms with Crippen LogP contribution in [-0.4, -0.2) is 61.8 Å². The third kappa shape index (κ3) is 6.54. The van der Waals surface area contributed by atoms with Crippen LogP contribution in [0.25, 0.3) is 0 Å². The molecule has 2 aromatic carbocycles. The van der Waals surface area contributed by atoms with Gasteiger partial charge >= 0.3 is 12.1 Å². The van der Waals surface area contributed by atoms with Crippen molar-refractivity contribution in [2.75, 3.05) is 43.7 Å². The third-order valence-electron chi connectivity index (χ3n) is 7.21. The normalized spacial score (nSPS) is 18.3. The Morgan fingerprint density at radius 3 is 2.52 bits per heavy atom. The van der Waals surface area contributed by atoms with Crippen LogP contribution in [0.5, 0.6) is 11.5 Å². The van der Waals surface area contributed by atoms with Gasteiger partial charge < -0.3 is 36.7 Å². The molecule has 0 saturated carbocycles. The number of anilines is 2. The molecule has 8 nitrogen and oxygen atoms in total. The molecule has 2 aliphatic rings. The third-order valence-corrected chi connectivity index (χ3v) is 7.96. The average Bonchev–Trinajstić information content (AvgIpc) is 3.40. The number of nitrogens with zero attached hydrogens (tertiary/aromatic N) is 4. The van der Waals surface area contributed by atoms with E-state index >= 15 is 0 Å². The molecule has 226 valence electrons. The zero-order valence-electron chi connectivity index (χ0n) is 23.6. The summed E-state index contributed by atoms with van der Waals surface area (Å²) in [6.45, 7) is 3.69. The minimum absolute atomic E-state index is 0. The molecule has 1 N–H and O–H groups in total. The summed E-state index contributed by atoms with van der Waals surface area (Å²) in [6, 6.07) is 10.2. The van der Waals surface area contributed by atoms with Crippen LogP contribution in [0.15, 0.2) is 58.2 Å². The number of hydrogen-bond donors (Lipinski definition) is 1. The monoisotopic (exact) mass is 773 g/mol. The number of aliphatic carboxylic acids is 1. The molecule has 2 atom stereocenters. The quantitative estimate of drug-likeness (QED) is 0.288. The van der Waals surface area contributed by atoms with Gasteiger partial charge in [-0.15, -0.1) is 11.3 Å². The Bertz CT molecular complexity index is 1430. The van der Waals surface area contributed by atoms with E-state index in [0.29, 0.717) is 36.8 Å². The maximum absolute atomic E-state index is 13.8. The average molecular weight is 774 g/mol. The molecule has 0 aliphatic carbocycles. The second kappa shape index (κ2) is 13.4. The number of ether oxygens (including phenoxy) is 2. The number of alkyl halides is 3. The van der Waals surface area contributed by atoms with Crippen LogP contribution in [0.4, 0.5) is 30.2 Å². The number of rotatable bonds is 6. The van der Waals surface area contributed by atoms with Crippen LogP contribution in [0.3, 0.4) is 0 Å². The van der Waals surface area contributed by atoms with E-state index in [0.717, 1.165) is 23.6 Å².